The van der Waals surface area contributed by atoms with Gasteiger partial charge in [-0.05, 0) is 29.8 Å². The molecule has 0 spiro atoms. The van der Waals surface area contributed by atoms with Crippen molar-refractivity contribution in [2.75, 3.05) is 0 Å². The summed E-state index contributed by atoms with van der Waals surface area (Å²) in [5, 5.41) is 3.84. The van der Waals surface area contributed by atoms with Gasteiger partial charge in [0.05, 0.1) is 16.8 Å². The van der Waals surface area contributed by atoms with Crippen molar-refractivity contribution in [3.63, 3.8) is 0 Å². The molecule has 2 aromatic carbocycles. The molecule has 2 heterocycles. The van der Waals surface area contributed by atoms with E-state index in [0.29, 0.717) is 12.1 Å². The van der Waals surface area contributed by atoms with E-state index >= 15 is 0 Å². The van der Waals surface area contributed by atoms with Crippen molar-refractivity contribution in [1.29, 1.82) is 0 Å². The third-order valence-electron chi connectivity index (χ3n) is 4.21. The summed E-state index contributed by atoms with van der Waals surface area (Å²) in [6.45, 7) is 0.485. The molecule has 0 bridgehead atoms. The minimum absolute atomic E-state index is 0.113. The van der Waals surface area contributed by atoms with Crippen LogP contribution in [0.3, 0.4) is 0 Å². The van der Waals surface area contributed by atoms with Gasteiger partial charge in [0.1, 0.15) is 0 Å². The van der Waals surface area contributed by atoms with Crippen LogP contribution in [0.5, 0.6) is 0 Å². The third kappa shape index (κ3) is 3.30. The summed E-state index contributed by atoms with van der Waals surface area (Å²) in [7, 11) is 0. The monoisotopic (exact) mass is 339 g/mol. The normalized spacial score (nSPS) is 10.6. The van der Waals surface area contributed by atoms with Crippen LogP contribution in [-0.2, 0) is 6.54 Å². The highest BCUT2D eigenvalue weighted by atomic mass is 16.1. The predicted molar refractivity (Wildman–Crippen MR) is 103 cm³/mol. The molecular formula is C22H17N3O. The number of hydrogen-bond donors (Lipinski definition) is 1. The quantitative estimate of drug-likeness (QED) is 0.605. The lowest BCUT2D eigenvalue weighted by Gasteiger charge is -2.10. The fourth-order valence-electron chi connectivity index (χ4n) is 2.90. The molecule has 1 N–H and O–H groups in total. The summed E-state index contributed by atoms with van der Waals surface area (Å²) in [5.41, 5.74) is 4.09. The maximum absolute atomic E-state index is 12.9. The van der Waals surface area contributed by atoms with E-state index in [1.807, 2.05) is 72.8 Å². The lowest BCUT2D eigenvalue weighted by atomic mass is 10.0. The van der Waals surface area contributed by atoms with Gasteiger partial charge < -0.3 is 5.32 Å². The maximum Gasteiger partial charge on any atom is 0.252 e. The Morgan fingerprint density at radius 3 is 2.54 bits per heavy atom. The number of rotatable bonds is 4. The number of hydrogen-bond acceptors (Lipinski definition) is 3. The molecule has 4 aromatic rings. The van der Waals surface area contributed by atoms with Gasteiger partial charge in [0.15, 0.2) is 0 Å². The van der Waals surface area contributed by atoms with Gasteiger partial charge in [-0.25, -0.2) is 4.98 Å². The van der Waals surface area contributed by atoms with Crippen molar-refractivity contribution >= 4 is 16.8 Å². The first-order chi connectivity index (χ1) is 12.8. The van der Waals surface area contributed by atoms with Crippen LogP contribution in [0.15, 0.2) is 85.2 Å². The smallest absolute Gasteiger partial charge is 0.252 e. The Bertz CT molecular complexity index is 1050. The number of para-hydroxylation sites is 1. The van der Waals surface area contributed by atoms with Crippen molar-refractivity contribution in [2.24, 2.45) is 0 Å². The van der Waals surface area contributed by atoms with Crippen LogP contribution >= 0.6 is 0 Å². The van der Waals surface area contributed by atoms with Crippen LogP contribution in [0.25, 0.3) is 22.2 Å². The Hall–Kier alpha value is -3.53. The molecule has 0 aliphatic carbocycles. The van der Waals surface area contributed by atoms with Gasteiger partial charge in [0.2, 0.25) is 0 Å². The first-order valence-electron chi connectivity index (χ1n) is 8.43. The largest absolute Gasteiger partial charge is 0.348 e. The minimum Gasteiger partial charge on any atom is -0.348 e. The number of aromatic nitrogens is 2. The fraction of sp³-hybridized carbons (Fsp3) is 0.0455. The number of nitrogens with zero attached hydrogens (tertiary/aromatic N) is 2. The number of fused-ring (bicyclic) bond motifs is 1. The lowest BCUT2D eigenvalue weighted by Crippen LogP contribution is -2.23. The Morgan fingerprint density at radius 2 is 1.73 bits per heavy atom. The second-order valence-electron chi connectivity index (χ2n) is 5.98. The summed E-state index contributed by atoms with van der Waals surface area (Å²) < 4.78 is 0. The van der Waals surface area contributed by atoms with Gasteiger partial charge in [-0.15, -0.1) is 0 Å². The molecule has 4 nitrogen and oxygen atoms in total. The summed E-state index contributed by atoms with van der Waals surface area (Å²) in [6, 6.07) is 23.2. The van der Waals surface area contributed by atoms with E-state index in [1.165, 1.54) is 0 Å². The number of carbonyl (C=O) groups excluding carboxylic acids is 1. The van der Waals surface area contributed by atoms with Crippen LogP contribution in [0.4, 0.5) is 0 Å². The maximum atomic E-state index is 12.9. The molecule has 26 heavy (non-hydrogen) atoms. The second-order valence-corrected chi connectivity index (χ2v) is 5.98. The molecular weight excluding hydrogens is 322 g/mol. The van der Waals surface area contributed by atoms with Gasteiger partial charge in [-0.2, -0.15) is 0 Å². The molecule has 0 fully saturated rings. The van der Waals surface area contributed by atoms with Crippen molar-refractivity contribution < 1.29 is 4.79 Å². The van der Waals surface area contributed by atoms with Crippen LogP contribution in [0.1, 0.15) is 15.9 Å². The number of nitrogens with one attached hydrogen (secondary N) is 1. The average Bonchev–Trinajstić information content (AvgIpc) is 2.72. The molecule has 0 saturated heterocycles. The van der Waals surface area contributed by atoms with E-state index in [4.69, 9.17) is 0 Å². The number of carbonyl (C=O) groups is 1. The zero-order chi connectivity index (χ0) is 17.8. The first-order valence-corrected chi connectivity index (χ1v) is 8.43. The van der Waals surface area contributed by atoms with E-state index in [9.17, 15) is 4.79 Å². The standard InChI is InChI=1S/C22H17N3O/c26-22(24-14-16-7-2-1-3-8-16)19-13-21(17-9-6-12-23-15-17)25-20-11-5-4-10-18(19)20/h1-13,15H,14H2,(H,24,26). The second kappa shape index (κ2) is 7.15. The van der Waals surface area contributed by atoms with Crippen molar-refractivity contribution in [2.45, 2.75) is 6.54 Å². The van der Waals surface area contributed by atoms with Gasteiger partial charge in [-0.3, -0.25) is 9.78 Å². The first kappa shape index (κ1) is 16.0. The molecule has 4 rings (SSSR count). The fourth-order valence-corrected chi connectivity index (χ4v) is 2.90. The van der Waals surface area contributed by atoms with E-state index in [1.54, 1.807) is 12.4 Å². The summed E-state index contributed by atoms with van der Waals surface area (Å²) in [4.78, 5) is 21.7. The number of pyridine rings is 2. The molecule has 0 aliphatic heterocycles. The topological polar surface area (TPSA) is 54.9 Å². The van der Waals surface area contributed by atoms with Crippen LogP contribution in [0, 0.1) is 0 Å². The number of amides is 1. The molecule has 0 saturated carbocycles. The summed E-state index contributed by atoms with van der Waals surface area (Å²) in [6.07, 6.45) is 3.47. The molecule has 126 valence electrons. The minimum atomic E-state index is -0.113. The molecule has 0 radical (unpaired) electrons. The van der Waals surface area contributed by atoms with Gasteiger partial charge >= 0.3 is 0 Å². The molecule has 1 amide bonds. The molecule has 0 aliphatic rings. The Morgan fingerprint density at radius 1 is 0.923 bits per heavy atom. The van der Waals surface area contributed by atoms with E-state index < -0.39 is 0 Å². The van der Waals surface area contributed by atoms with E-state index in [2.05, 4.69) is 15.3 Å². The highest BCUT2D eigenvalue weighted by Gasteiger charge is 2.13. The zero-order valence-corrected chi connectivity index (χ0v) is 14.1. The molecule has 4 heteroatoms. The molecule has 0 unspecified atom stereocenters. The molecule has 0 atom stereocenters. The SMILES string of the molecule is O=C(NCc1ccccc1)c1cc(-c2cccnc2)nc2ccccc12. The highest BCUT2D eigenvalue weighted by molar-refractivity contribution is 6.07. The van der Waals surface area contributed by atoms with E-state index in [-0.39, 0.29) is 5.91 Å². The molecule has 2 aromatic heterocycles. The average molecular weight is 339 g/mol. The van der Waals surface area contributed by atoms with Gasteiger partial charge in [-0.1, -0.05) is 48.5 Å². The van der Waals surface area contributed by atoms with Crippen LogP contribution in [0.2, 0.25) is 0 Å². The predicted octanol–water partition coefficient (Wildman–Crippen LogP) is 4.23. The lowest BCUT2D eigenvalue weighted by molar-refractivity contribution is 0.0952. The van der Waals surface area contributed by atoms with Gasteiger partial charge in [0.25, 0.3) is 5.91 Å². The van der Waals surface area contributed by atoms with Crippen LogP contribution < -0.4 is 5.32 Å². The van der Waals surface area contributed by atoms with E-state index in [0.717, 1.165) is 27.7 Å². The van der Waals surface area contributed by atoms with Crippen molar-refractivity contribution in [3.05, 3.63) is 96.3 Å². The Kier molecular flexibility index (Phi) is 4.39. The number of benzene rings is 2. The summed E-state index contributed by atoms with van der Waals surface area (Å²) in [5.74, 6) is -0.113. The highest BCUT2D eigenvalue weighted by Crippen LogP contribution is 2.24. The van der Waals surface area contributed by atoms with Crippen LogP contribution in [-0.4, -0.2) is 15.9 Å². The Balaban J connectivity index is 1.72. The zero-order valence-electron chi connectivity index (χ0n) is 14.1. The van der Waals surface area contributed by atoms with Gasteiger partial charge in [0, 0.05) is 29.9 Å². The summed E-state index contributed by atoms with van der Waals surface area (Å²) >= 11 is 0. The third-order valence-corrected chi connectivity index (χ3v) is 4.21. The van der Waals surface area contributed by atoms with Crippen molar-refractivity contribution in [3.8, 4) is 11.3 Å². The van der Waals surface area contributed by atoms with Crippen molar-refractivity contribution in [1.82, 2.24) is 15.3 Å². The Labute approximate surface area is 151 Å².